The van der Waals surface area contributed by atoms with Gasteiger partial charge in [-0.15, -0.1) is 0 Å². The van der Waals surface area contributed by atoms with Crippen LogP contribution in [0.25, 0.3) is 0 Å². The van der Waals surface area contributed by atoms with Crippen molar-refractivity contribution in [2.24, 2.45) is 5.92 Å². The number of nitro groups is 1. The van der Waals surface area contributed by atoms with E-state index in [4.69, 9.17) is 4.42 Å². The minimum Gasteiger partial charge on any atom is -0.395 e. The van der Waals surface area contributed by atoms with Crippen LogP contribution in [0.3, 0.4) is 0 Å². The predicted molar refractivity (Wildman–Crippen MR) is 82.8 cm³/mol. The van der Waals surface area contributed by atoms with Crippen LogP contribution in [0.15, 0.2) is 39.5 Å². The minimum atomic E-state index is -0.662. The first kappa shape index (κ1) is 14.7. The molecule has 0 aromatic carbocycles. The van der Waals surface area contributed by atoms with Crippen LogP contribution in [0, 0.1) is 16.0 Å². The van der Waals surface area contributed by atoms with Gasteiger partial charge in [-0.1, -0.05) is 6.07 Å². The molecule has 2 atom stereocenters. The summed E-state index contributed by atoms with van der Waals surface area (Å²) in [5.41, 5.74) is 0.935. The van der Waals surface area contributed by atoms with Crippen molar-refractivity contribution in [2.45, 2.75) is 18.9 Å². The maximum atomic E-state index is 12.6. The Hall–Kier alpha value is -2.90. The van der Waals surface area contributed by atoms with Crippen LogP contribution < -0.4 is 5.56 Å². The Kier molecular flexibility index (Phi) is 3.26. The number of nitrogens with zero attached hydrogens (tertiary/aromatic N) is 3. The van der Waals surface area contributed by atoms with Crippen LogP contribution in [0.1, 0.15) is 28.6 Å². The van der Waals surface area contributed by atoms with Crippen LogP contribution in [-0.4, -0.2) is 33.4 Å². The van der Waals surface area contributed by atoms with Gasteiger partial charge in [0.1, 0.15) is 4.92 Å². The molecule has 4 heterocycles. The Balaban J connectivity index is 1.60. The van der Waals surface area contributed by atoms with Crippen molar-refractivity contribution in [3.63, 3.8) is 0 Å². The normalized spacial score (nSPS) is 22.1. The molecular weight excluding hydrogens is 314 g/mol. The van der Waals surface area contributed by atoms with E-state index >= 15 is 0 Å². The lowest BCUT2D eigenvalue weighted by Crippen LogP contribution is -2.49. The number of likely N-dealkylation sites (tertiary alicyclic amines) is 1. The molecule has 2 aromatic rings. The third kappa shape index (κ3) is 2.31. The molecule has 1 amide bonds. The molecule has 0 spiro atoms. The molecular formula is C16H15N3O5. The second-order valence-electron chi connectivity index (χ2n) is 6.30. The molecule has 1 saturated heterocycles. The van der Waals surface area contributed by atoms with Gasteiger partial charge in [-0.25, -0.2) is 0 Å². The molecule has 0 saturated carbocycles. The lowest BCUT2D eigenvalue weighted by Gasteiger charge is -2.42. The topological polar surface area (TPSA) is 98.6 Å². The van der Waals surface area contributed by atoms with Crippen LogP contribution >= 0.6 is 0 Å². The van der Waals surface area contributed by atoms with Crippen molar-refractivity contribution in [1.29, 1.82) is 0 Å². The van der Waals surface area contributed by atoms with Crippen LogP contribution in [0.4, 0.5) is 5.88 Å². The Morgan fingerprint density at radius 2 is 2.04 bits per heavy atom. The maximum absolute atomic E-state index is 12.6. The fourth-order valence-electron chi connectivity index (χ4n) is 3.76. The third-order valence-corrected chi connectivity index (χ3v) is 4.75. The van der Waals surface area contributed by atoms with E-state index in [0.717, 1.165) is 12.1 Å². The second kappa shape index (κ2) is 5.33. The predicted octanol–water partition coefficient (Wildman–Crippen LogP) is 1.61. The van der Waals surface area contributed by atoms with Gasteiger partial charge in [-0.2, -0.15) is 0 Å². The first-order valence-corrected chi connectivity index (χ1v) is 7.76. The molecule has 24 heavy (non-hydrogen) atoms. The van der Waals surface area contributed by atoms with Crippen LogP contribution in [-0.2, 0) is 6.54 Å². The molecule has 2 unspecified atom stereocenters. The van der Waals surface area contributed by atoms with Crippen molar-refractivity contribution in [3.05, 3.63) is 62.3 Å². The summed E-state index contributed by atoms with van der Waals surface area (Å²) < 4.78 is 6.82. The Bertz CT molecular complexity index is 884. The summed E-state index contributed by atoms with van der Waals surface area (Å²) in [4.78, 5) is 36.3. The van der Waals surface area contributed by atoms with E-state index in [1.165, 1.54) is 12.1 Å². The summed E-state index contributed by atoms with van der Waals surface area (Å²) in [5.74, 6) is -0.505. The third-order valence-electron chi connectivity index (χ3n) is 4.75. The number of furan rings is 1. The molecule has 0 radical (unpaired) electrons. The summed E-state index contributed by atoms with van der Waals surface area (Å²) >= 11 is 0. The SMILES string of the molecule is O=C(c1ccc([N+](=O)[O-])o1)N1CC2CC(C1)c1cccc(=O)n1C2. The van der Waals surface area contributed by atoms with Gasteiger partial charge in [-0.3, -0.25) is 19.7 Å². The van der Waals surface area contributed by atoms with E-state index in [0.29, 0.717) is 19.6 Å². The summed E-state index contributed by atoms with van der Waals surface area (Å²) in [6, 6.07) is 7.74. The zero-order valence-electron chi connectivity index (χ0n) is 12.8. The van der Waals surface area contributed by atoms with E-state index in [9.17, 15) is 19.7 Å². The number of hydrogen-bond acceptors (Lipinski definition) is 5. The molecule has 2 aliphatic heterocycles. The van der Waals surface area contributed by atoms with E-state index in [2.05, 4.69) is 0 Å². The van der Waals surface area contributed by atoms with Crippen molar-refractivity contribution in [1.82, 2.24) is 9.47 Å². The molecule has 2 aromatic heterocycles. The highest BCUT2D eigenvalue weighted by Gasteiger charge is 2.37. The molecule has 8 nitrogen and oxygen atoms in total. The van der Waals surface area contributed by atoms with Crippen molar-refractivity contribution in [3.8, 4) is 0 Å². The molecule has 2 aliphatic rings. The lowest BCUT2D eigenvalue weighted by molar-refractivity contribution is -0.402. The summed E-state index contributed by atoms with van der Waals surface area (Å²) in [6.07, 6.45) is 0.936. The minimum absolute atomic E-state index is 0.0105. The molecule has 4 rings (SSSR count). The quantitative estimate of drug-likeness (QED) is 0.616. The van der Waals surface area contributed by atoms with Gasteiger partial charge in [0.15, 0.2) is 5.76 Å². The van der Waals surface area contributed by atoms with Crippen LogP contribution in [0.5, 0.6) is 0 Å². The molecule has 8 heteroatoms. The highest BCUT2D eigenvalue weighted by atomic mass is 16.6. The number of aromatic nitrogens is 1. The number of amides is 1. The number of hydrogen-bond donors (Lipinski definition) is 0. The summed E-state index contributed by atoms with van der Waals surface area (Å²) in [5, 5.41) is 10.7. The van der Waals surface area contributed by atoms with Gasteiger partial charge in [-0.05, 0) is 24.5 Å². The molecule has 1 fully saturated rings. The highest BCUT2D eigenvalue weighted by Crippen LogP contribution is 2.35. The number of carbonyl (C=O) groups excluding carboxylic acids is 1. The molecule has 2 bridgehead atoms. The van der Waals surface area contributed by atoms with E-state index in [-0.39, 0.29) is 29.1 Å². The smallest absolute Gasteiger partial charge is 0.395 e. The Labute approximate surface area is 136 Å². The Morgan fingerprint density at radius 1 is 1.21 bits per heavy atom. The van der Waals surface area contributed by atoms with Gasteiger partial charge in [0.05, 0.1) is 6.07 Å². The van der Waals surface area contributed by atoms with Gasteiger partial charge >= 0.3 is 5.88 Å². The average molecular weight is 329 g/mol. The summed E-state index contributed by atoms with van der Waals surface area (Å²) in [6.45, 7) is 1.59. The van der Waals surface area contributed by atoms with Gasteiger partial charge in [0.25, 0.3) is 11.5 Å². The van der Waals surface area contributed by atoms with Crippen molar-refractivity contribution >= 4 is 11.8 Å². The Morgan fingerprint density at radius 3 is 2.79 bits per heavy atom. The van der Waals surface area contributed by atoms with Crippen molar-refractivity contribution < 1.29 is 14.1 Å². The first-order chi connectivity index (χ1) is 11.5. The van der Waals surface area contributed by atoms with Gasteiger partial charge in [0, 0.05) is 37.3 Å². The number of fused-ring (bicyclic) bond motifs is 4. The number of piperidine rings is 1. The monoisotopic (exact) mass is 329 g/mol. The largest absolute Gasteiger partial charge is 0.433 e. The first-order valence-electron chi connectivity index (χ1n) is 7.76. The van der Waals surface area contributed by atoms with Gasteiger partial charge in [0.2, 0.25) is 0 Å². The second-order valence-corrected chi connectivity index (χ2v) is 6.30. The van der Waals surface area contributed by atoms with E-state index < -0.39 is 10.8 Å². The fraction of sp³-hybridized carbons (Fsp3) is 0.375. The van der Waals surface area contributed by atoms with Crippen molar-refractivity contribution in [2.75, 3.05) is 13.1 Å². The zero-order chi connectivity index (χ0) is 16.8. The summed E-state index contributed by atoms with van der Waals surface area (Å²) in [7, 11) is 0. The van der Waals surface area contributed by atoms with Gasteiger partial charge < -0.3 is 13.9 Å². The van der Waals surface area contributed by atoms with E-state index in [1.807, 2.05) is 6.07 Å². The average Bonchev–Trinajstić information content (AvgIpc) is 3.05. The number of carbonyl (C=O) groups is 1. The highest BCUT2D eigenvalue weighted by molar-refractivity contribution is 5.91. The zero-order valence-corrected chi connectivity index (χ0v) is 12.8. The number of pyridine rings is 1. The maximum Gasteiger partial charge on any atom is 0.433 e. The lowest BCUT2D eigenvalue weighted by atomic mass is 9.83. The molecule has 0 aliphatic carbocycles. The van der Waals surface area contributed by atoms with Crippen LogP contribution in [0.2, 0.25) is 0 Å². The standard InChI is InChI=1S/C16H15N3O5/c20-14-3-1-2-12-11-6-10(8-18(12)14)7-17(9-11)16(21)13-4-5-15(24-13)19(22)23/h1-5,10-11H,6-9H2. The van der Waals surface area contributed by atoms with E-state index in [1.54, 1.807) is 21.6 Å². The number of rotatable bonds is 2. The molecule has 124 valence electrons. The molecule has 0 N–H and O–H groups in total. The fourth-order valence-corrected chi connectivity index (χ4v) is 3.76.